The molecular formula is C24H24N2O7. The van der Waals surface area contributed by atoms with Crippen LogP contribution in [0.25, 0.3) is 0 Å². The van der Waals surface area contributed by atoms with Crippen molar-refractivity contribution in [3.8, 4) is 0 Å². The molecule has 0 spiro atoms. The van der Waals surface area contributed by atoms with Gasteiger partial charge in [-0.2, -0.15) is 0 Å². The summed E-state index contributed by atoms with van der Waals surface area (Å²) in [4.78, 5) is 62.2. The summed E-state index contributed by atoms with van der Waals surface area (Å²) in [6.45, 7) is 3.52. The average molecular weight is 452 g/mol. The smallest absolute Gasteiger partial charge is 0.338 e. The van der Waals surface area contributed by atoms with Gasteiger partial charge in [0.25, 0.3) is 17.7 Å². The molecule has 0 saturated heterocycles. The Morgan fingerprint density at radius 1 is 0.970 bits per heavy atom. The predicted octanol–water partition coefficient (Wildman–Crippen LogP) is 2.41. The number of fused-ring (bicyclic) bond motifs is 1. The number of nitrogens with zero attached hydrogens (tertiary/aromatic N) is 1. The van der Waals surface area contributed by atoms with Crippen LogP contribution in [0.2, 0.25) is 0 Å². The molecule has 0 unspecified atom stereocenters. The zero-order valence-electron chi connectivity index (χ0n) is 18.4. The van der Waals surface area contributed by atoms with Crippen LogP contribution in [-0.2, 0) is 19.1 Å². The Balaban J connectivity index is 1.57. The van der Waals surface area contributed by atoms with Crippen molar-refractivity contribution in [3.05, 3.63) is 64.7 Å². The van der Waals surface area contributed by atoms with Crippen molar-refractivity contribution in [1.82, 2.24) is 5.32 Å². The van der Waals surface area contributed by atoms with E-state index in [0.29, 0.717) is 18.7 Å². The molecule has 3 rings (SSSR count). The van der Waals surface area contributed by atoms with Crippen molar-refractivity contribution in [3.63, 3.8) is 0 Å². The molecule has 0 aliphatic carbocycles. The lowest BCUT2D eigenvalue weighted by Crippen LogP contribution is -2.30. The van der Waals surface area contributed by atoms with E-state index < -0.39 is 30.3 Å². The Labute approximate surface area is 190 Å². The first-order valence-corrected chi connectivity index (χ1v) is 10.5. The van der Waals surface area contributed by atoms with Gasteiger partial charge in [-0.1, -0.05) is 18.2 Å². The van der Waals surface area contributed by atoms with Crippen molar-refractivity contribution < 1.29 is 33.4 Å². The Morgan fingerprint density at radius 2 is 1.70 bits per heavy atom. The molecule has 172 valence electrons. The van der Waals surface area contributed by atoms with E-state index >= 15 is 0 Å². The molecule has 0 radical (unpaired) electrons. The van der Waals surface area contributed by atoms with Crippen LogP contribution < -0.4 is 10.2 Å². The minimum Gasteiger partial charge on any atom is -0.466 e. The number of imide groups is 1. The minimum atomic E-state index is -0.797. The molecule has 0 bridgehead atoms. The van der Waals surface area contributed by atoms with E-state index in [9.17, 15) is 24.0 Å². The molecule has 9 heteroatoms. The zero-order chi connectivity index (χ0) is 24.0. The number of hydrogen-bond acceptors (Lipinski definition) is 7. The first-order valence-electron chi connectivity index (χ1n) is 10.5. The number of rotatable bonds is 9. The summed E-state index contributed by atoms with van der Waals surface area (Å²) in [5.74, 6) is -2.66. The largest absolute Gasteiger partial charge is 0.466 e. The van der Waals surface area contributed by atoms with Gasteiger partial charge in [-0.3, -0.25) is 19.2 Å². The van der Waals surface area contributed by atoms with Gasteiger partial charge in [0.05, 0.1) is 29.0 Å². The highest BCUT2D eigenvalue weighted by Gasteiger charge is 2.37. The van der Waals surface area contributed by atoms with Crippen molar-refractivity contribution in [2.75, 3.05) is 24.7 Å². The summed E-state index contributed by atoms with van der Waals surface area (Å²) in [6.07, 6.45) is 0.576. The van der Waals surface area contributed by atoms with Crippen LogP contribution in [0.1, 0.15) is 56.4 Å². The van der Waals surface area contributed by atoms with Crippen LogP contribution in [0.15, 0.2) is 42.5 Å². The fraction of sp³-hybridized carbons (Fsp3) is 0.292. The van der Waals surface area contributed by atoms with E-state index in [1.807, 2.05) is 6.07 Å². The summed E-state index contributed by atoms with van der Waals surface area (Å²) in [7, 11) is 0. The molecule has 9 nitrogen and oxygen atoms in total. The van der Waals surface area contributed by atoms with Gasteiger partial charge in [0, 0.05) is 13.0 Å². The van der Waals surface area contributed by atoms with Gasteiger partial charge < -0.3 is 14.8 Å². The average Bonchev–Trinajstić information content (AvgIpc) is 3.05. The third kappa shape index (κ3) is 5.43. The lowest BCUT2D eigenvalue weighted by molar-refractivity contribution is -0.143. The van der Waals surface area contributed by atoms with Crippen LogP contribution in [0.3, 0.4) is 0 Å². The summed E-state index contributed by atoms with van der Waals surface area (Å²) in [5.41, 5.74) is 1.59. The number of para-hydroxylation sites is 1. The fourth-order valence-corrected chi connectivity index (χ4v) is 3.36. The number of hydrogen-bond donors (Lipinski definition) is 1. The molecule has 0 fully saturated rings. The number of carbonyl (C=O) groups excluding carboxylic acids is 5. The number of amides is 3. The maximum absolute atomic E-state index is 12.9. The highest BCUT2D eigenvalue weighted by Crippen LogP contribution is 2.31. The molecule has 0 atom stereocenters. The number of benzene rings is 2. The first-order chi connectivity index (χ1) is 15.8. The number of anilines is 1. The molecule has 2 aromatic carbocycles. The number of carbonyl (C=O) groups is 5. The molecular weight excluding hydrogens is 428 g/mol. The van der Waals surface area contributed by atoms with Crippen LogP contribution in [0, 0.1) is 6.92 Å². The minimum absolute atomic E-state index is 0.0524. The number of nitrogens with one attached hydrogen (secondary N) is 1. The highest BCUT2D eigenvalue weighted by atomic mass is 16.5. The summed E-state index contributed by atoms with van der Waals surface area (Å²) < 4.78 is 9.80. The molecule has 1 N–H and O–H groups in total. The Morgan fingerprint density at radius 3 is 2.42 bits per heavy atom. The lowest BCUT2D eigenvalue weighted by Gasteiger charge is -2.16. The highest BCUT2D eigenvalue weighted by molar-refractivity contribution is 6.34. The van der Waals surface area contributed by atoms with Gasteiger partial charge in [-0.15, -0.1) is 0 Å². The number of ether oxygens (including phenoxy) is 2. The van der Waals surface area contributed by atoms with Gasteiger partial charge in [0.2, 0.25) is 0 Å². The molecule has 33 heavy (non-hydrogen) atoms. The van der Waals surface area contributed by atoms with Crippen LogP contribution in [0.4, 0.5) is 5.69 Å². The standard InChI is InChI=1S/C24H24N2O7/c1-3-32-21(28)9-6-12-25-20(27)14-33-24(31)16-10-11-17-18(13-16)23(30)26(22(17)29)19-8-5-4-7-15(19)2/h4-5,7-8,10-11,13H,3,6,9,12,14H2,1-2H3,(H,25,27). The van der Waals surface area contributed by atoms with Crippen LogP contribution in [-0.4, -0.2) is 49.4 Å². The normalized spacial score (nSPS) is 12.4. The third-order valence-corrected chi connectivity index (χ3v) is 5.00. The molecule has 3 amide bonds. The molecule has 0 saturated carbocycles. The second-order valence-corrected chi connectivity index (χ2v) is 7.33. The van der Waals surface area contributed by atoms with E-state index in [1.54, 1.807) is 32.0 Å². The summed E-state index contributed by atoms with van der Waals surface area (Å²) in [6, 6.07) is 11.1. The van der Waals surface area contributed by atoms with Crippen molar-refractivity contribution in [1.29, 1.82) is 0 Å². The zero-order valence-corrected chi connectivity index (χ0v) is 18.4. The monoisotopic (exact) mass is 452 g/mol. The fourth-order valence-electron chi connectivity index (χ4n) is 3.36. The Kier molecular flexibility index (Phi) is 7.55. The molecule has 2 aromatic rings. The number of esters is 2. The van der Waals surface area contributed by atoms with Gasteiger partial charge in [0.1, 0.15) is 0 Å². The van der Waals surface area contributed by atoms with E-state index in [2.05, 4.69) is 5.32 Å². The lowest BCUT2D eigenvalue weighted by atomic mass is 10.1. The second-order valence-electron chi connectivity index (χ2n) is 7.33. The van der Waals surface area contributed by atoms with Crippen LogP contribution >= 0.6 is 0 Å². The van der Waals surface area contributed by atoms with Crippen LogP contribution in [0.5, 0.6) is 0 Å². The quantitative estimate of drug-likeness (QED) is 0.352. The van der Waals surface area contributed by atoms with Crippen molar-refractivity contribution in [2.24, 2.45) is 0 Å². The molecule has 1 heterocycles. The first kappa shape index (κ1) is 23.6. The van der Waals surface area contributed by atoms with E-state index in [-0.39, 0.29) is 35.6 Å². The van der Waals surface area contributed by atoms with Gasteiger partial charge >= 0.3 is 11.9 Å². The Bertz CT molecular complexity index is 1110. The molecule has 1 aliphatic rings. The number of aryl methyl sites for hydroxylation is 1. The van der Waals surface area contributed by atoms with E-state index in [4.69, 9.17) is 9.47 Å². The van der Waals surface area contributed by atoms with E-state index in [1.165, 1.54) is 18.2 Å². The maximum atomic E-state index is 12.9. The predicted molar refractivity (Wildman–Crippen MR) is 118 cm³/mol. The summed E-state index contributed by atoms with van der Waals surface area (Å²) in [5, 5.41) is 2.54. The topological polar surface area (TPSA) is 119 Å². The van der Waals surface area contributed by atoms with E-state index in [0.717, 1.165) is 10.5 Å². The molecule has 1 aliphatic heterocycles. The van der Waals surface area contributed by atoms with Crippen molar-refractivity contribution >= 4 is 35.3 Å². The molecule has 0 aromatic heterocycles. The maximum Gasteiger partial charge on any atom is 0.338 e. The van der Waals surface area contributed by atoms with Gasteiger partial charge in [0.15, 0.2) is 6.61 Å². The van der Waals surface area contributed by atoms with Gasteiger partial charge in [-0.25, -0.2) is 9.69 Å². The third-order valence-electron chi connectivity index (χ3n) is 5.00. The van der Waals surface area contributed by atoms with Gasteiger partial charge in [-0.05, 0) is 50.1 Å². The SMILES string of the molecule is CCOC(=O)CCCNC(=O)COC(=O)c1ccc2c(c1)C(=O)N(c1ccccc1C)C2=O. The Hall–Kier alpha value is -4.01. The summed E-state index contributed by atoms with van der Waals surface area (Å²) >= 11 is 0. The van der Waals surface area contributed by atoms with Crippen molar-refractivity contribution in [2.45, 2.75) is 26.7 Å². The second kappa shape index (κ2) is 10.5.